The van der Waals surface area contributed by atoms with Crippen LogP contribution < -0.4 is 20.3 Å². The smallest absolute Gasteiger partial charge is 0.434 e. The molecule has 53 heavy (non-hydrogen) atoms. The second-order valence-electron chi connectivity index (χ2n) is 11.8. The maximum Gasteiger partial charge on any atom is 0.434 e. The summed E-state index contributed by atoms with van der Waals surface area (Å²) in [6, 6.07) is -26.2. The van der Waals surface area contributed by atoms with E-state index in [-0.39, 0.29) is 0 Å². The number of fused-ring (bicyclic) bond motifs is 10. The number of rotatable bonds is 3. The summed E-state index contributed by atoms with van der Waals surface area (Å²) in [6.45, 7) is -1.97. The quantitative estimate of drug-likeness (QED) is 0.171. The van der Waals surface area contributed by atoms with E-state index < -0.39 is 288 Å². The van der Waals surface area contributed by atoms with Crippen LogP contribution in [0, 0.1) is 0 Å². The molecule has 0 fully saturated rings. The standard InChI is InChI=1S/C48H29BN2O2/c1-7-19-40(51-43-22-10-4-16-35(43)36-17-5-11-23-44(36)51)32(13-1)30-27-38-37-18-6-12-24-45(37)53-49-39-26-25-31(29-46(39)52-47(28-30)48(38)49)50-41-20-8-2-14-33(41)34-15-3-9-21-42(34)50/h1-29H/i1D,2D,3D,4D,5D,6D,7D,8D,9D,10D,11D,12D,13D,14D,15D,16D,17D,18D,19D,20D,21D,22D,23D,24D,25D,26D,27D,28D,29D. The minimum Gasteiger partial charge on any atom is -0.551 e. The zero-order valence-corrected chi connectivity index (χ0v) is 26.3. The van der Waals surface area contributed by atoms with E-state index in [0.29, 0.717) is 0 Å². The Balaban J connectivity index is 1.28. The van der Waals surface area contributed by atoms with Crippen molar-refractivity contribution >= 4 is 61.5 Å². The van der Waals surface area contributed by atoms with Crippen LogP contribution in [0.25, 0.3) is 77.2 Å². The lowest BCUT2D eigenvalue weighted by Crippen LogP contribution is -2.53. The molecular formula is C48H29BN2O2. The fraction of sp³-hybridized carbons (Fsp3) is 0. The number of nitrogens with zero attached hydrogens (tertiary/aromatic N) is 2. The van der Waals surface area contributed by atoms with E-state index in [9.17, 15) is 13.7 Å². The van der Waals surface area contributed by atoms with Crippen molar-refractivity contribution in [1.82, 2.24) is 9.13 Å². The van der Waals surface area contributed by atoms with Gasteiger partial charge in [-0.15, -0.1) is 0 Å². The molecule has 246 valence electrons. The summed E-state index contributed by atoms with van der Waals surface area (Å²) in [7, 11) is 0. The van der Waals surface area contributed by atoms with Gasteiger partial charge in [-0.2, -0.15) is 0 Å². The van der Waals surface area contributed by atoms with Crippen molar-refractivity contribution in [2.24, 2.45) is 0 Å². The van der Waals surface area contributed by atoms with Crippen LogP contribution in [0.4, 0.5) is 0 Å². The summed E-state index contributed by atoms with van der Waals surface area (Å²) in [5.41, 5.74) is -8.00. The molecule has 0 N–H and O–H groups in total. The van der Waals surface area contributed by atoms with Gasteiger partial charge in [-0.1, -0.05) is 115 Å². The van der Waals surface area contributed by atoms with E-state index in [0.717, 1.165) is 9.13 Å². The Bertz CT molecular complexity index is 4670. The first-order valence-corrected chi connectivity index (χ1v) is 15.8. The predicted molar refractivity (Wildman–Crippen MR) is 218 cm³/mol. The van der Waals surface area contributed by atoms with E-state index >= 15 is 0 Å². The first-order valence-electron chi connectivity index (χ1n) is 30.3. The van der Waals surface area contributed by atoms with Crippen LogP contribution in [0.3, 0.4) is 0 Å². The van der Waals surface area contributed by atoms with Crippen LogP contribution in [0.2, 0.25) is 0 Å². The monoisotopic (exact) mass is 705 g/mol. The highest BCUT2D eigenvalue weighted by Gasteiger charge is 2.41. The molecule has 0 saturated heterocycles. The largest absolute Gasteiger partial charge is 0.551 e. The number of hydrogen-bond donors (Lipinski definition) is 0. The summed E-state index contributed by atoms with van der Waals surface area (Å²) in [5, 5.41) is -1.98. The molecule has 0 aliphatic carbocycles. The molecule has 5 heteroatoms. The van der Waals surface area contributed by atoms with Crippen LogP contribution in [-0.2, 0) is 0 Å². The van der Waals surface area contributed by atoms with Gasteiger partial charge in [-0.05, 0) is 65.5 Å². The molecular weight excluding hydrogens is 647 g/mol. The zero-order chi connectivity index (χ0) is 59.9. The third-order valence-corrected chi connectivity index (χ3v) is 9.09. The number of ether oxygens (including phenoxy) is 1. The minimum atomic E-state index is -1.97. The van der Waals surface area contributed by atoms with Crippen LogP contribution in [0.15, 0.2) is 175 Å². The van der Waals surface area contributed by atoms with E-state index in [1.165, 1.54) is 0 Å². The molecule has 2 aliphatic heterocycles. The fourth-order valence-corrected chi connectivity index (χ4v) is 6.93. The minimum absolute atomic E-state index is 0.452. The normalized spacial score (nSPS) is 20.5. The van der Waals surface area contributed by atoms with Gasteiger partial charge < -0.3 is 18.5 Å². The summed E-state index contributed by atoms with van der Waals surface area (Å²) >= 11 is 0. The van der Waals surface area contributed by atoms with Gasteiger partial charge in [0.05, 0.1) is 67.5 Å². The maximum atomic E-state index is 10.1. The van der Waals surface area contributed by atoms with Gasteiger partial charge in [-0.3, -0.25) is 0 Å². The van der Waals surface area contributed by atoms with E-state index in [1.54, 1.807) is 0 Å². The molecule has 2 aromatic heterocycles. The molecule has 4 heterocycles. The molecule has 0 spiro atoms. The van der Waals surface area contributed by atoms with Gasteiger partial charge in [0.15, 0.2) is 0 Å². The Morgan fingerprint density at radius 2 is 0.981 bits per heavy atom. The molecule has 2 aliphatic rings. The topological polar surface area (TPSA) is 28.3 Å². The highest BCUT2D eigenvalue weighted by Crippen LogP contribution is 2.44. The SMILES string of the molecule is [2H]c1c([2H])c([2H])c2c(c1[2H])OB1c3c([2H])c([2H])c(-n4c5c([2H])c([2H])c([2H])c([2H])c5c5c([2H])c([2H])c([2H])c([2H])c54)c([2H])c3Oc3c([2H])c(-c4c([2H])c([2H])c([2H])c([2H])c4-n4c5c([2H])c([2H])c([2H])c([2H])c5c5c([2H])c([2H])c([2H])c([2H])c54)c([2H])c-2c31. The molecule has 0 saturated carbocycles. The lowest BCUT2D eigenvalue weighted by Gasteiger charge is -2.33. The summed E-state index contributed by atoms with van der Waals surface area (Å²) in [4.78, 5) is 0. The zero-order valence-electron chi connectivity index (χ0n) is 55.3. The second kappa shape index (κ2) is 10.8. The Kier molecular flexibility index (Phi) is 2.56. The molecule has 0 bridgehead atoms. The van der Waals surface area contributed by atoms with Crippen molar-refractivity contribution in [3.8, 4) is 50.9 Å². The van der Waals surface area contributed by atoms with Crippen molar-refractivity contribution in [3.63, 3.8) is 0 Å². The van der Waals surface area contributed by atoms with Crippen molar-refractivity contribution in [2.75, 3.05) is 0 Å². The Hall–Kier alpha value is -6.98. The number of benzene rings is 8. The fourth-order valence-electron chi connectivity index (χ4n) is 6.93. The molecule has 0 radical (unpaired) electrons. The van der Waals surface area contributed by atoms with Crippen LogP contribution in [0.1, 0.15) is 39.8 Å². The molecule has 10 aromatic rings. The highest BCUT2D eigenvalue weighted by atomic mass is 16.5. The molecule has 0 amide bonds. The first kappa shape index (κ1) is 12.6. The lowest BCUT2D eigenvalue weighted by molar-refractivity contribution is 0.479. The summed E-state index contributed by atoms with van der Waals surface area (Å²) in [5.74, 6) is -2.30. The Labute approximate surface area is 346 Å². The average Bonchev–Trinajstić information content (AvgIpc) is 1.36. The third-order valence-electron chi connectivity index (χ3n) is 9.09. The maximum absolute atomic E-state index is 10.1. The molecule has 8 aromatic carbocycles. The number of hydrogen-bond acceptors (Lipinski definition) is 2. The van der Waals surface area contributed by atoms with Crippen LogP contribution >= 0.6 is 0 Å². The van der Waals surface area contributed by atoms with E-state index in [4.69, 9.17) is 35.4 Å². The highest BCUT2D eigenvalue weighted by molar-refractivity contribution is 6.84. The van der Waals surface area contributed by atoms with Gasteiger partial charge >= 0.3 is 6.92 Å². The predicted octanol–water partition coefficient (Wildman–Crippen LogP) is 10.8. The van der Waals surface area contributed by atoms with Gasteiger partial charge in [0.2, 0.25) is 0 Å². The van der Waals surface area contributed by atoms with Gasteiger partial charge in [0.25, 0.3) is 0 Å². The van der Waals surface area contributed by atoms with Gasteiger partial charge in [0.1, 0.15) is 17.2 Å². The van der Waals surface area contributed by atoms with Crippen LogP contribution in [0.5, 0.6) is 17.2 Å². The summed E-state index contributed by atoms with van der Waals surface area (Å²) < 4.78 is 278. The van der Waals surface area contributed by atoms with Crippen molar-refractivity contribution in [1.29, 1.82) is 0 Å². The van der Waals surface area contributed by atoms with Crippen LogP contribution in [-0.4, -0.2) is 16.0 Å². The van der Waals surface area contributed by atoms with Crippen molar-refractivity contribution in [2.45, 2.75) is 0 Å². The third kappa shape index (κ3) is 4.02. The number of aromatic nitrogens is 2. The number of para-hydroxylation sites is 6. The van der Waals surface area contributed by atoms with Gasteiger partial charge in [0, 0.05) is 55.3 Å². The average molecular weight is 706 g/mol. The van der Waals surface area contributed by atoms with Gasteiger partial charge in [-0.25, -0.2) is 0 Å². The van der Waals surface area contributed by atoms with E-state index in [2.05, 4.69) is 0 Å². The molecule has 0 atom stereocenters. The Morgan fingerprint density at radius 3 is 1.64 bits per heavy atom. The van der Waals surface area contributed by atoms with Crippen molar-refractivity contribution < 1.29 is 49.1 Å². The Morgan fingerprint density at radius 1 is 0.434 bits per heavy atom. The van der Waals surface area contributed by atoms with Crippen molar-refractivity contribution in [3.05, 3.63) is 175 Å². The lowest BCUT2D eigenvalue weighted by atomic mass is 9.50. The van der Waals surface area contributed by atoms with E-state index in [1.807, 2.05) is 0 Å². The molecule has 12 rings (SSSR count). The summed E-state index contributed by atoms with van der Waals surface area (Å²) in [6.07, 6.45) is 0. The molecule has 4 nitrogen and oxygen atoms in total. The molecule has 0 unspecified atom stereocenters. The first-order chi connectivity index (χ1) is 38.4. The second-order valence-corrected chi connectivity index (χ2v) is 11.8.